The highest BCUT2D eigenvalue weighted by molar-refractivity contribution is 7.98. The van der Waals surface area contributed by atoms with Gasteiger partial charge in [0.05, 0.1) is 23.9 Å². The Morgan fingerprint density at radius 1 is 1.52 bits per heavy atom. The van der Waals surface area contributed by atoms with Crippen molar-refractivity contribution in [2.75, 3.05) is 6.61 Å². The van der Waals surface area contributed by atoms with E-state index in [0.717, 1.165) is 25.0 Å². The number of H-pyrrole nitrogens is 1. The SMILES string of the molecule is O=c1[nH]c(CSc2nnnn2CC2CCCO2)nc2ccsc12. The molecule has 1 atom stereocenters. The Hall–Kier alpha value is -1.78. The van der Waals surface area contributed by atoms with Crippen LogP contribution in [0.4, 0.5) is 0 Å². The van der Waals surface area contributed by atoms with Crippen LogP contribution < -0.4 is 5.56 Å². The minimum absolute atomic E-state index is 0.0976. The lowest BCUT2D eigenvalue weighted by atomic mass is 10.2. The first-order valence-corrected chi connectivity index (χ1v) is 9.13. The number of aromatic nitrogens is 6. The van der Waals surface area contributed by atoms with E-state index < -0.39 is 0 Å². The fraction of sp³-hybridized carbons (Fsp3) is 0.462. The van der Waals surface area contributed by atoms with Crippen LogP contribution in [0.25, 0.3) is 10.2 Å². The topological polar surface area (TPSA) is 98.6 Å². The van der Waals surface area contributed by atoms with Crippen LogP contribution in [0, 0.1) is 0 Å². The molecule has 4 rings (SSSR count). The van der Waals surface area contributed by atoms with Gasteiger partial charge < -0.3 is 9.72 Å². The van der Waals surface area contributed by atoms with Gasteiger partial charge in [0.25, 0.3) is 5.56 Å². The van der Waals surface area contributed by atoms with E-state index >= 15 is 0 Å². The summed E-state index contributed by atoms with van der Waals surface area (Å²) in [5.74, 6) is 1.13. The summed E-state index contributed by atoms with van der Waals surface area (Å²) in [6.07, 6.45) is 2.30. The number of rotatable bonds is 5. The summed E-state index contributed by atoms with van der Waals surface area (Å²) >= 11 is 2.85. The smallest absolute Gasteiger partial charge is 0.268 e. The van der Waals surface area contributed by atoms with Gasteiger partial charge in [0.1, 0.15) is 10.5 Å². The predicted octanol–water partition coefficient (Wildman–Crippen LogP) is 1.44. The molecule has 3 aromatic heterocycles. The molecule has 0 radical (unpaired) electrons. The second-order valence-corrected chi connectivity index (χ2v) is 7.07. The molecule has 0 saturated carbocycles. The van der Waals surface area contributed by atoms with Crippen LogP contribution in [0.5, 0.6) is 0 Å². The van der Waals surface area contributed by atoms with Crippen molar-refractivity contribution >= 4 is 33.3 Å². The average molecular weight is 350 g/mol. The lowest BCUT2D eigenvalue weighted by Gasteiger charge is -2.09. The molecular weight excluding hydrogens is 336 g/mol. The molecule has 8 nitrogen and oxygen atoms in total. The Morgan fingerprint density at radius 3 is 3.35 bits per heavy atom. The number of ether oxygens (including phenoxy) is 1. The lowest BCUT2D eigenvalue weighted by Crippen LogP contribution is -2.17. The van der Waals surface area contributed by atoms with Crippen LogP contribution in [0.15, 0.2) is 21.4 Å². The first kappa shape index (κ1) is 14.8. The number of nitrogens with one attached hydrogen (secondary N) is 1. The van der Waals surface area contributed by atoms with Crippen LogP contribution in [0.2, 0.25) is 0 Å². The van der Waals surface area contributed by atoms with Gasteiger partial charge in [0, 0.05) is 6.61 Å². The summed E-state index contributed by atoms with van der Waals surface area (Å²) in [7, 11) is 0. The average Bonchev–Trinajstić information content (AvgIpc) is 3.27. The van der Waals surface area contributed by atoms with E-state index in [1.165, 1.54) is 23.1 Å². The van der Waals surface area contributed by atoms with Crippen molar-refractivity contribution in [1.29, 1.82) is 0 Å². The van der Waals surface area contributed by atoms with E-state index in [4.69, 9.17) is 4.74 Å². The molecular formula is C13H14N6O2S2. The lowest BCUT2D eigenvalue weighted by molar-refractivity contribution is 0.0912. The van der Waals surface area contributed by atoms with Crippen molar-refractivity contribution in [3.8, 4) is 0 Å². The van der Waals surface area contributed by atoms with Crippen molar-refractivity contribution < 1.29 is 4.74 Å². The molecule has 0 aromatic carbocycles. The zero-order valence-corrected chi connectivity index (χ0v) is 13.8. The zero-order valence-electron chi connectivity index (χ0n) is 12.1. The number of hydrogen-bond acceptors (Lipinski definition) is 8. The molecule has 1 fully saturated rings. The van der Waals surface area contributed by atoms with Crippen molar-refractivity contribution in [2.24, 2.45) is 0 Å². The van der Waals surface area contributed by atoms with Crippen molar-refractivity contribution in [3.63, 3.8) is 0 Å². The van der Waals surface area contributed by atoms with Crippen molar-refractivity contribution in [1.82, 2.24) is 30.2 Å². The summed E-state index contributed by atoms with van der Waals surface area (Å²) in [5.41, 5.74) is 0.632. The van der Waals surface area contributed by atoms with Crippen LogP contribution in [-0.2, 0) is 17.0 Å². The quantitative estimate of drug-likeness (QED) is 0.695. The molecule has 0 amide bonds. The zero-order chi connectivity index (χ0) is 15.6. The van der Waals surface area contributed by atoms with Crippen LogP contribution >= 0.6 is 23.1 Å². The Bertz CT molecular complexity index is 867. The maximum Gasteiger partial charge on any atom is 0.268 e. The molecule has 3 aromatic rings. The highest BCUT2D eigenvalue weighted by atomic mass is 32.2. The minimum Gasteiger partial charge on any atom is -0.376 e. The number of thiophene rings is 1. The summed E-state index contributed by atoms with van der Waals surface area (Å²) in [4.78, 5) is 19.2. The number of nitrogens with zero attached hydrogens (tertiary/aromatic N) is 5. The van der Waals surface area contributed by atoms with E-state index in [9.17, 15) is 4.79 Å². The van der Waals surface area contributed by atoms with E-state index in [0.29, 0.717) is 28.0 Å². The molecule has 23 heavy (non-hydrogen) atoms. The van der Waals surface area contributed by atoms with Gasteiger partial charge in [-0.1, -0.05) is 11.8 Å². The fourth-order valence-electron chi connectivity index (χ4n) is 2.52. The number of aromatic amines is 1. The van der Waals surface area contributed by atoms with Crippen LogP contribution in [0.1, 0.15) is 18.7 Å². The molecule has 1 aliphatic heterocycles. The monoisotopic (exact) mass is 350 g/mol. The molecule has 1 saturated heterocycles. The Balaban J connectivity index is 1.47. The number of hydrogen-bond donors (Lipinski definition) is 1. The largest absolute Gasteiger partial charge is 0.376 e. The maximum absolute atomic E-state index is 12.0. The third kappa shape index (κ3) is 3.14. The Morgan fingerprint density at radius 2 is 2.48 bits per heavy atom. The summed E-state index contributed by atoms with van der Waals surface area (Å²) in [5, 5.41) is 14.4. The highest BCUT2D eigenvalue weighted by Crippen LogP contribution is 2.21. The molecule has 1 N–H and O–H groups in total. The Labute approximate surface area is 139 Å². The van der Waals surface area contributed by atoms with Gasteiger partial charge in [-0.3, -0.25) is 4.79 Å². The molecule has 120 valence electrons. The maximum atomic E-state index is 12.0. The summed E-state index contributed by atoms with van der Waals surface area (Å²) < 4.78 is 8.02. The minimum atomic E-state index is -0.0976. The molecule has 0 bridgehead atoms. The first-order valence-electron chi connectivity index (χ1n) is 7.26. The van der Waals surface area contributed by atoms with Crippen LogP contribution in [0.3, 0.4) is 0 Å². The van der Waals surface area contributed by atoms with E-state index in [-0.39, 0.29) is 11.7 Å². The van der Waals surface area contributed by atoms with E-state index in [2.05, 4.69) is 25.5 Å². The summed E-state index contributed by atoms with van der Waals surface area (Å²) in [6, 6.07) is 1.85. The molecule has 4 heterocycles. The predicted molar refractivity (Wildman–Crippen MR) is 86.6 cm³/mol. The van der Waals surface area contributed by atoms with Gasteiger partial charge in [-0.05, 0) is 34.7 Å². The second-order valence-electron chi connectivity index (χ2n) is 5.21. The van der Waals surface area contributed by atoms with Gasteiger partial charge in [-0.15, -0.1) is 16.4 Å². The third-order valence-corrected chi connectivity index (χ3v) is 5.47. The van der Waals surface area contributed by atoms with Crippen molar-refractivity contribution in [3.05, 3.63) is 27.6 Å². The number of tetrazole rings is 1. The van der Waals surface area contributed by atoms with Gasteiger partial charge in [0.15, 0.2) is 0 Å². The first-order chi connectivity index (χ1) is 11.3. The normalized spacial score (nSPS) is 18.0. The fourth-order valence-corrected chi connectivity index (χ4v) is 4.00. The number of thioether (sulfide) groups is 1. The van der Waals surface area contributed by atoms with E-state index in [1.54, 1.807) is 4.68 Å². The molecule has 1 aliphatic rings. The highest BCUT2D eigenvalue weighted by Gasteiger charge is 2.19. The molecule has 10 heteroatoms. The van der Waals surface area contributed by atoms with E-state index in [1.807, 2.05) is 11.4 Å². The van der Waals surface area contributed by atoms with Gasteiger partial charge in [-0.25, -0.2) is 9.67 Å². The molecule has 1 unspecified atom stereocenters. The van der Waals surface area contributed by atoms with Gasteiger partial charge in [-0.2, -0.15) is 0 Å². The summed E-state index contributed by atoms with van der Waals surface area (Å²) in [6.45, 7) is 1.46. The standard InChI is InChI=1S/C13H14N6O2S2/c20-12-11-9(3-5-22-11)14-10(15-12)7-23-13-16-17-18-19(13)6-8-2-1-4-21-8/h3,5,8H,1-2,4,6-7H2,(H,14,15,20). The second kappa shape index (κ2) is 6.38. The van der Waals surface area contributed by atoms with Gasteiger partial charge >= 0.3 is 0 Å². The third-order valence-electron chi connectivity index (χ3n) is 3.60. The Kier molecular flexibility index (Phi) is 4.10. The molecule has 0 spiro atoms. The van der Waals surface area contributed by atoms with Gasteiger partial charge in [0.2, 0.25) is 5.16 Å². The molecule has 0 aliphatic carbocycles. The van der Waals surface area contributed by atoms with Crippen molar-refractivity contribution in [2.45, 2.75) is 36.4 Å². The van der Waals surface area contributed by atoms with Crippen LogP contribution in [-0.4, -0.2) is 42.9 Å². The number of fused-ring (bicyclic) bond motifs is 1.